The molecule has 0 radical (unpaired) electrons. The Morgan fingerprint density at radius 1 is 1.30 bits per heavy atom. The summed E-state index contributed by atoms with van der Waals surface area (Å²) in [5, 5.41) is 0. The average Bonchev–Trinajstić information content (AvgIpc) is 3.29. The van der Waals surface area contributed by atoms with Crippen LogP contribution in [0.4, 0.5) is 0 Å². The number of nitrogens with two attached hydrogens (primary N) is 1. The van der Waals surface area contributed by atoms with Gasteiger partial charge >= 0.3 is 0 Å². The minimum atomic E-state index is 0.0583. The Morgan fingerprint density at radius 2 is 2.00 bits per heavy atom. The van der Waals surface area contributed by atoms with Gasteiger partial charge in [-0.3, -0.25) is 4.79 Å². The number of amides is 1. The summed E-state index contributed by atoms with van der Waals surface area (Å²) in [6, 6.07) is 8.61. The van der Waals surface area contributed by atoms with Gasteiger partial charge in [0.15, 0.2) is 0 Å². The summed E-state index contributed by atoms with van der Waals surface area (Å²) in [7, 11) is 0. The largest absolute Gasteiger partial charge is 0.335 e. The molecule has 3 rings (SSSR count). The molecule has 1 atom stereocenters. The van der Waals surface area contributed by atoms with Gasteiger partial charge < -0.3 is 10.6 Å². The zero-order chi connectivity index (χ0) is 14.1. The van der Waals surface area contributed by atoms with Crippen molar-refractivity contribution >= 4 is 21.8 Å². The van der Waals surface area contributed by atoms with E-state index in [1.54, 1.807) is 0 Å². The van der Waals surface area contributed by atoms with E-state index in [0.29, 0.717) is 24.9 Å². The molecule has 4 heteroatoms. The van der Waals surface area contributed by atoms with Crippen LogP contribution in [0.5, 0.6) is 0 Å². The Kier molecular flexibility index (Phi) is 4.13. The fraction of sp³-hybridized carbons (Fsp3) is 0.562. The molecule has 1 aromatic carbocycles. The molecule has 0 aromatic heterocycles. The summed E-state index contributed by atoms with van der Waals surface area (Å²) < 4.78 is 1.07. The Bertz CT molecular complexity index is 497. The topological polar surface area (TPSA) is 46.3 Å². The van der Waals surface area contributed by atoms with Crippen molar-refractivity contribution in [1.82, 2.24) is 4.90 Å². The lowest BCUT2D eigenvalue weighted by Gasteiger charge is -2.24. The molecule has 20 heavy (non-hydrogen) atoms. The van der Waals surface area contributed by atoms with E-state index in [-0.39, 0.29) is 11.9 Å². The maximum atomic E-state index is 12.5. The number of nitrogens with zero attached hydrogens (tertiary/aromatic N) is 1. The number of carbonyl (C=O) groups is 1. The molecular formula is C16H21BrN2O. The standard InChI is InChI=1S/C16H21BrN2O/c17-14-4-2-1-3-12(14)10-19(13-7-8-13)16(20)9-15(18)11-5-6-11/h1-4,11,13,15H,5-10,18H2. The van der Waals surface area contributed by atoms with Crippen molar-refractivity contribution < 1.29 is 4.79 Å². The van der Waals surface area contributed by atoms with Crippen LogP contribution in [-0.4, -0.2) is 22.9 Å². The Labute approximate surface area is 128 Å². The molecule has 2 N–H and O–H groups in total. The molecule has 1 amide bonds. The lowest BCUT2D eigenvalue weighted by atomic mass is 10.1. The predicted molar refractivity (Wildman–Crippen MR) is 83.0 cm³/mol. The molecule has 0 bridgehead atoms. The van der Waals surface area contributed by atoms with Crippen molar-refractivity contribution in [3.8, 4) is 0 Å². The quantitative estimate of drug-likeness (QED) is 0.867. The second-order valence-corrected chi connectivity index (χ2v) is 6.90. The molecule has 0 aliphatic heterocycles. The summed E-state index contributed by atoms with van der Waals surface area (Å²) in [6.07, 6.45) is 5.17. The van der Waals surface area contributed by atoms with Gasteiger partial charge in [0.25, 0.3) is 0 Å². The zero-order valence-electron chi connectivity index (χ0n) is 11.6. The van der Waals surface area contributed by atoms with Crippen LogP contribution in [0.1, 0.15) is 37.7 Å². The third-order valence-corrected chi connectivity index (χ3v) is 5.02. The molecular weight excluding hydrogens is 316 g/mol. The van der Waals surface area contributed by atoms with Gasteiger partial charge in [0.2, 0.25) is 5.91 Å². The van der Waals surface area contributed by atoms with Crippen LogP contribution < -0.4 is 5.73 Å². The van der Waals surface area contributed by atoms with E-state index in [1.165, 1.54) is 18.4 Å². The molecule has 2 fully saturated rings. The van der Waals surface area contributed by atoms with E-state index in [2.05, 4.69) is 22.0 Å². The molecule has 0 heterocycles. The fourth-order valence-corrected chi connectivity index (χ4v) is 3.04. The van der Waals surface area contributed by atoms with Crippen LogP contribution in [-0.2, 0) is 11.3 Å². The molecule has 2 saturated carbocycles. The maximum absolute atomic E-state index is 12.5. The Morgan fingerprint density at radius 3 is 2.60 bits per heavy atom. The van der Waals surface area contributed by atoms with Gasteiger partial charge in [-0.2, -0.15) is 0 Å². The van der Waals surface area contributed by atoms with Gasteiger partial charge in [-0.05, 0) is 43.2 Å². The molecule has 108 valence electrons. The summed E-state index contributed by atoms with van der Waals surface area (Å²) in [5.41, 5.74) is 7.28. The van der Waals surface area contributed by atoms with Gasteiger partial charge in [-0.25, -0.2) is 0 Å². The molecule has 2 aliphatic rings. The molecule has 0 spiro atoms. The molecule has 0 saturated heterocycles. The van der Waals surface area contributed by atoms with Gasteiger partial charge in [0, 0.05) is 29.5 Å². The third-order valence-electron chi connectivity index (χ3n) is 4.24. The number of halogens is 1. The highest BCUT2D eigenvalue weighted by Gasteiger charge is 2.36. The van der Waals surface area contributed by atoms with Gasteiger partial charge in [0.05, 0.1) is 0 Å². The monoisotopic (exact) mass is 336 g/mol. The van der Waals surface area contributed by atoms with E-state index in [0.717, 1.165) is 17.3 Å². The van der Waals surface area contributed by atoms with E-state index in [9.17, 15) is 4.79 Å². The summed E-state index contributed by atoms with van der Waals surface area (Å²) >= 11 is 3.56. The normalized spacial score (nSPS) is 19.7. The number of hydrogen-bond donors (Lipinski definition) is 1. The van der Waals surface area contributed by atoms with Gasteiger partial charge in [-0.1, -0.05) is 34.1 Å². The van der Waals surface area contributed by atoms with Gasteiger partial charge in [-0.15, -0.1) is 0 Å². The van der Waals surface area contributed by atoms with E-state index in [1.807, 2.05) is 23.1 Å². The van der Waals surface area contributed by atoms with Crippen LogP contribution >= 0.6 is 15.9 Å². The third kappa shape index (κ3) is 3.41. The van der Waals surface area contributed by atoms with Crippen LogP contribution in [0, 0.1) is 5.92 Å². The molecule has 1 aromatic rings. The summed E-state index contributed by atoms with van der Waals surface area (Å²) in [6.45, 7) is 0.697. The second kappa shape index (κ2) is 5.86. The highest BCUT2D eigenvalue weighted by molar-refractivity contribution is 9.10. The van der Waals surface area contributed by atoms with Crippen molar-refractivity contribution in [2.24, 2.45) is 11.7 Å². The van der Waals surface area contributed by atoms with Crippen LogP contribution in [0.2, 0.25) is 0 Å². The van der Waals surface area contributed by atoms with Crippen molar-refractivity contribution in [3.63, 3.8) is 0 Å². The van der Waals surface area contributed by atoms with Gasteiger partial charge in [0.1, 0.15) is 0 Å². The first-order valence-electron chi connectivity index (χ1n) is 7.43. The first-order chi connectivity index (χ1) is 9.65. The summed E-state index contributed by atoms with van der Waals surface area (Å²) in [4.78, 5) is 14.5. The van der Waals surface area contributed by atoms with Crippen LogP contribution in [0.3, 0.4) is 0 Å². The Balaban J connectivity index is 1.66. The molecule has 1 unspecified atom stereocenters. The minimum Gasteiger partial charge on any atom is -0.335 e. The van der Waals surface area contributed by atoms with E-state index < -0.39 is 0 Å². The highest BCUT2D eigenvalue weighted by atomic mass is 79.9. The first-order valence-corrected chi connectivity index (χ1v) is 8.23. The maximum Gasteiger partial charge on any atom is 0.224 e. The highest BCUT2D eigenvalue weighted by Crippen LogP contribution is 2.35. The van der Waals surface area contributed by atoms with Crippen LogP contribution in [0.15, 0.2) is 28.7 Å². The number of rotatable bonds is 6. The second-order valence-electron chi connectivity index (χ2n) is 6.05. The fourth-order valence-electron chi connectivity index (χ4n) is 2.63. The number of carbonyl (C=O) groups excluding carboxylic acids is 1. The lowest BCUT2D eigenvalue weighted by Crippen LogP contribution is -2.37. The van der Waals surface area contributed by atoms with E-state index >= 15 is 0 Å². The minimum absolute atomic E-state index is 0.0583. The smallest absolute Gasteiger partial charge is 0.224 e. The van der Waals surface area contributed by atoms with Crippen molar-refractivity contribution in [2.75, 3.05) is 0 Å². The van der Waals surface area contributed by atoms with Crippen LogP contribution in [0.25, 0.3) is 0 Å². The Hall–Kier alpha value is -0.870. The zero-order valence-corrected chi connectivity index (χ0v) is 13.2. The van der Waals surface area contributed by atoms with Crippen molar-refractivity contribution in [1.29, 1.82) is 0 Å². The predicted octanol–water partition coefficient (Wildman–Crippen LogP) is 3.07. The SMILES string of the molecule is NC(CC(=O)N(Cc1ccccc1Br)C1CC1)C1CC1. The number of benzene rings is 1. The lowest BCUT2D eigenvalue weighted by molar-refractivity contribution is -0.132. The average molecular weight is 337 g/mol. The number of hydrogen-bond acceptors (Lipinski definition) is 2. The van der Waals surface area contributed by atoms with Crippen molar-refractivity contribution in [2.45, 2.75) is 50.7 Å². The first kappa shape index (κ1) is 14.1. The molecule has 2 aliphatic carbocycles. The van der Waals surface area contributed by atoms with Crippen molar-refractivity contribution in [3.05, 3.63) is 34.3 Å². The summed E-state index contributed by atoms with van der Waals surface area (Å²) in [5.74, 6) is 0.811. The van der Waals surface area contributed by atoms with E-state index in [4.69, 9.17) is 5.73 Å². The molecule has 3 nitrogen and oxygen atoms in total.